The minimum atomic E-state index is -3.87. The number of carbonyl (C=O) groups is 1. The number of carbonyl (C=O) groups excluding carboxylic acids is 1. The Morgan fingerprint density at radius 2 is 1.68 bits per heavy atom. The molecule has 10 nitrogen and oxygen atoms in total. The molecule has 1 aromatic heterocycles. The number of hydrogen-bond donors (Lipinski definition) is 0. The lowest BCUT2D eigenvalue weighted by Gasteiger charge is -2.29. The van der Waals surface area contributed by atoms with E-state index in [0.717, 1.165) is 12.0 Å². The van der Waals surface area contributed by atoms with Crippen LogP contribution in [0, 0.1) is 0 Å². The first-order valence-corrected chi connectivity index (χ1v) is 14.8. The number of sulfonamides is 1. The van der Waals surface area contributed by atoms with Gasteiger partial charge in [0.15, 0.2) is 17.3 Å². The summed E-state index contributed by atoms with van der Waals surface area (Å²) in [5.74, 6) is 1.73. The third-order valence-corrected chi connectivity index (χ3v) is 9.08. The summed E-state index contributed by atoms with van der Waals surface area (Å²) in [6.45, 7) is 5.52. The van der Waals surface area contributed by atoms with E-state index in [1.165, 1.54) is 28.6 Å². The topological polar surface area (TPSA) is 105 Å². The molecule has 0 aliphatic carbocycles. The molecule has 1 aliphatic heterocycles. The van der Waals surface area contributed by atoms with Crippen molar-refractivity contribution < 1.29 is 22.7 Å². The first-order chi connectivity index (χ1) is 19.1. The highest BCUT2D eigenvalue weighted by molar-refractivity contribution is 7.89. The van der Waals surface area contributed by atoms with E-state index < -0.39 is 16.1 Å². The summed E-state index contributed by atoms with van der Waals surface area (Å²) >= 11 is 5.93. The van der Waals surface area contributed by atoms with E-state index in [2.05, 4.69) is 15.1 Å². The van der Waals surface area contributed by atoms with Crippen molar-refractivity contribution in [3.8, 4) is 22.8 Å². The fourth-order valence-electron chi connectivity index (χ4n) is 4.56. The first-order valence-electron chi connectivity index (χ1n) is 13.0. The highest BCUT2D eigenvalue weighted by Crippen LogP contribution is 2.31. The molecular formula is C28H34ClN5O5S. The van der Waals surface area contributed by atoms with Gasteiger partial charge in [-0.15, -0.1) is 10.2 Å². The van der Waals surface area contributed by atoms with E-state index >= 15 is 0 Å². The van der Waals surface area contributed by atoms with Crippen LogP contribution in [0.5, 0.6) is 11.5 Å². The number of halogens is 1. The summed E-state index contributed by atoms with van der Waals surface area (Å²) in [5.41, 5.74) is 1.56. The maximum atomic E-state index is 13.3. The number of rotatable bonds is 9. The summed E-state index contributed by atoms with van der Waals surface area (Å²) in [4.78, 5) is 17.2. The number of methoxy groups -OCH3 is 2. The van der Waals surface area contributed by atoms with E-state index in [0.29, 0.717) is 54.2 Å². The standard InChI is InChI=1S/C28H34ClN5O5S/c1-20(2)34(40(36,37)23-9-7-22(29)8-10-23)19-28(35)33-15-5-14-32(16-17-33)27-13-11-24(30-31-27)21-6-12-25(38-3)26(18-21)39-4/h6-13,18,20H,5,14-17,19H2,1-4H3. The molecule has 2 heterocycles. The lowest BCUT2D eigenvalue weighted by atomic mass is 10.1. The predicted molar refractivity (Wildman–Crippen MR) is 154 cm³/mol. The summed E-state index contributed by atoms with van der Waals surface area (Å²) in [5, 5.41) is 9.29. The molecule has 1 fully saturated rings. The molecule has 1 saturated heterocycles. The van der Waals surface area contributed by atoms with Crippen LogP contribution in [0.25, 0.3) is 11.3 Å². The van der Waals surface area contributed by atoms with Gasteiger partial charge in [-0.25, -0.2) is 8.42 Å². The van der Waals surface area contributed by atoms with Crippen LogP contribution in [0.1, 0.15) is 20.3 Å². The number of ether oxygens (including phenoxy) is 2. The molecule has 4 rings (SSSR count). The van der Waals surface area contributed by atoms with Crippen molar-refractivity contribution in [2.24, 2.45) is 0 Å². The van der Waals surface area contributed by atoms with Gasteiger partial charge in [0.1, 0.15) is 0 Å². The van der Waals surface area contributed by atoms with Gasteiger partial charge in [0.25, 0.3) is 0 Å². The zero-order chi connectivity index (χ0) is 28.9. The predicted octanol–water partition coefficient (Wildman–Crippen LogP) is 3.95. The maximum Gasteiger partial charge on any atom is 0.243 e. The Kier molecular flexibility index (Phi) is 9.49. The molecular weight excluding hydrogens is 554 g/mol. The molecule has 0 bridgehead atoms. The van der Waals surface area contributed by atoms with Crippen LogP contribution in [0.15, 0.2) is 59.5 Å². The molecule has 2 aromatic carbocycles. The minimum Gasteiger partial charge on any atom is -0.493 e. The Balaban J connectivity index is 1.41. The Hall–Kier alpha value is -3.41. The van der Waals surface area contributed by atoms with Gasteiger partial charge in [-0.2, -0.15) is 4.31 Å². The average molecular weight is 588 g/mol. The lowest BCUT2D eigenvalue weighted by Crippen LogP contribution is -2.46. The number of benzene rings is 2. The monoisotopic (exact) mass is 587 g/mol. The van der Waals surface area contributed by atoms with Gasteiger partial charge in [0.2, 0.25) is 15.9 Å². The second kappa shape index (κ2) is 12.8. The number of nitrogens with zero attached hydrogens (tertiary/aromatic N) is 5. The Morgan fingerprint density at radius 1 is 0.950 bits per heavy atom. The third kappa shape index (κ3) is 6.65. The van der Waals surface area contributed by atoms with Crippen LogP contribution in [0.3, 0.4) is 0 Å². The van der Waals surface area contributed by atoms with E-state index in [-0.39, 0.29) is 17.3 Å². The number of hydrogen-bond acceptors (Lipinski definition) is 8. The smallest absolute Gasteiger partial charge is 0.243 e. The summed E-state index contributed by atoms with van der Waals surface area (Å²) in [6.07, 6.45) is 0.719. The van der Waals surface area contributed by atoms with Crippen LogP contribution >= 0.6 is 11.6 Å². The zero-order valence-electron chi connectivity index (χ0n) is 23.1. The fraction of sp³-hybridized carbons (Fsp3) is 0.393. The molecule has 12 heteroatoms. The van der Waals surface area contributed by atoms with Gasteiger partial charge >= 0.3 is 0 Å². The molecule has 0 radical (unpaired) electrons. The Morgan fingerprint density at radius 3 is 2.30 bits per heavy atom. The molecule has 0 N–H and O–H groups in total. The molecule has 0 saturated carbocycles. The third-order valence-electron chi connectivity index (χ3n) is 6.79. The fourth-order valence-corrected chi connectivity index (χ4v) is 6.27. The van der Waals surface area contributed by atoms with Gasteiger partial charge in [-0.05, 0) is 74.9 Å². The minimum absolute atomic E-state index is 0.107. The SMILES string of the molecule is COc1ccc(-c2ccc(N3CCCN(C(=O)CN(C(C)C)S(=O)(=O)c4ccc(Cl)cc4)CC3)nn2)cc1OC. The second-order valence-electron chi connectivity index (χ2n) is 9.67. The molecule has 3 aromatic rings. The van der Waals surface area contributed by atoms with Crippen LogP contribution < -0.4 is 14.4 Å². The highest BCUT2D eigenvalue weighted by Gasteiger charge is 2.31. The van der Waals surface area contributed by atoms with Crippen LogP contribution in [0.4, 0.5) is 5.82 Å². The molecule has 214 valence electrons. The van der Waals surface area contributed by atoms with Gasteiger partial charge in [0, 0.05) is 42.8 Å². The lowest BCUT2D eigenvalue weighted by molar-refractivity contribution is -0.131. The van der Waals surface area contributed by atoms with E-state index in [4.69, 9.17) is 21.1 Å². The van der Waals surface area contributed by atoms with Crippen molar-refractivity contribution >= 4 is 33.3 Å². The van der Waals surface area contributed by atoms with Gasteiger partial charge in [0.05, 0.1) is 31.4 Å². The molecule has 0 atom stereocenters. The molecule has 0 unspecified atom stereocenters. The second-order valence-corrected chi connectivity index (χ2v) is 12.0. The number of aromatic nitrogens is 2. The first kappa shape index (κ1) is 29.6. The Bertz CT molecular complexity index is 1420. The van der Waals surface area contributed by atoms with Crippen LogP contribution in [-0.2, 0) is 14.8 Å². The van der Waals surface area contributed by atoms with Crippen molar-refractivity contribution in [3.63, 3.8) is 0 Å². The number of amides is 1. The average Bonchev–Trinajstić information content (AvgIpc) is 3.22. The summed E-state index contributed by atoms with van der Waals surface area (Å²) < 4.78 is 38.5. The van der Waals surface area contributed by atoms with Gasteiger partial charge < -0.3 is 19.3 Å². The van der Waals surface area contributed by atoms with Crippen molar-refractivity contribution in [1.29, 1.82) is 0 Å². The van der Waals surface area contributed by atoms with Crippen molar-refractivity contribution in [2.75, 3.05) is 51.8 Å². The van der Waals surface area contributed by atoms with Crippen LogP contribution in [-0.4, -0.2) is 86.7 Å². The van der Waals surface area contributed by atoms with Gasteiger partial charge in [-0.1, -0.05) is 11.6 Å². The largest absolute Gasteiger partial charge is 0.493 e. The molecule has 40 heavy (non-hydrogen) atoms. The summed E-state index contributed by atoms with van der Waals surface area (Å²) in [6, 6.07) is 15.0. The van der Waals surface area contributed by atoms with E-state index in [1.54, 1.807) is 33.0 Å². The van der Waals surface area contributed by atoms with Gasteiger partial charge in [-0.3, -0.25) is 4.79 Å². The molecule has 0 spiro atoms. The van der Waals surface area contributed by atoms with E-state index in [9.17, 15) is 13.2 Å². The van der Waals surface area contributed by atoms with Crippen LogP contribution in [0.2, 0.25) is 5.02 Å². The van der Waals surface area contributed by atoms with Crippen molar-refractivity contribution in [3.05, 3.63) is 59.6 Å². The zero-order valence-corrected chi connectivity index (χ0v) is 24.7. The summed E-state index contributed by atoms with van der Waals surface area (Å²) in [7, 11) is -0.691. The number of anilines is 1. The maximum absolute atomic E-state index is 13.3. The van der Waals surface area contributed by atoms with E-state index in [1.807, 2.05) is 30.3 Å². The van der Waals surface area contributed by atoms with Crippen molar-refractivity contribution in [2.45, 2.75) is 31.2 Å². The quantitative estimate of drug-likeness (QED) is 0.371. The van der Waals surface area contributed by atoms with Crippen molar-refractivity contribution in [1.82, 2.24) is 19.4 Å². The highest BCUT2D eigenvalue weighted by atomic mass is 35.5. The Labute approximate surface area is 240 Å². The normalized spacial score (nSPS) is 14.4. The molecule has 1 aliphatic rings. The molecule has 1 amide bonds.